The molecule has 4 nitrogen and oxygen atoms in total. The average Bonchev–Trinajstić information content (AvgIpc) is 2.41. The molecular formula is C16H17NO3. The summed E-state index contributed by atoms with van der Waals surface area (Å²) in [4.78, 5) is 22.9. The zero-order valence-electron chi connectivity index (χ0n) is 11.8. The molecule has 0 aliphatic rings. The maximum absolute atomic E-state index is 11.8. The van der Waals surface area contributed by atoms with E-state index in [9.17, 15) is 9.59 Å². The number of rotatable bonds is 3. The minimum atomic E-state index is -1.09. The lowest BCUT2D eigenvalue weighted by Gasteiger charge is -2.11. The molecule has 20 heavy (non-hydrogen) atoms. The summed E-state index contributed by atoms with van der Waals surface area (Å²) >= 11 is 0. The first-order valence-electron chi connectivity index (χ1n) is 6.45. The standard InChI is InChI=1S/C16H17NO3/c1-10(2)11-4-6-12(7-5-11)14-8-13(16(19)20)9-15(18)17(14)3/h4-10H,1-3H3,(H,19,20). The van der Waals surface area contributed by atoms with Crippen molar-refractivity contribution in [3.8, 4) is 11.3 Å². The Morgan fingerprint density at radius 1 is 1.15 bits per heavy atom. The minimum absolute atomic E-state index is 0.0102. The Labute approximate surface area is 117 Å². The summed E-state index contributed by atoms with van der Waals surface area (Å²) in [5.74, 6) is -0.666. The van der Waals surface area contributed by atoms with E-state index in [2.05, 4.69) is 13.8 Å². The smallest absolute Gasteiger partial charge is 0.335 e. The van der Waals surface area contributed by atoms with Crippen molar-refractivity contribution in [1.29, 1.82) is 0 Å². The molecule has 1 N–H and O–H groups in total. The lowest BCUT2D eigenvalue weighted by molar-refractivity contribution is 0.0696. The highest BCUT2D eigenvalue weighted by Gasteiger charge is 2.11. The Bertz CT molecular complexity index is 697. The highest BCUT2D eigenvalue weighted by atomic mass is 16.4. The van der Waals surface area contributed by atoms with Gasteiger partial charge in [-0.3, -0.25) is 4.79 Å². The van der Waals surface area contributed by atoms with Gasteiger partial charge in [-0.25, -0.2) is 4.79 Å². The number of hydrogen-bond donors (Lipinski definition) is 1. The Morgan fingerprint density at radius 3 is 2.25 bits per heavy atom. The molecule has 1 heterocycles. The number of aromatic nitrogens is 1. The molecule has 0 saturated carbocycles. The van der Waals surface area contributed by atoms with Crippen molar-refractivity contribution in [1.82, 2.24) is 4.57 Å². The minimum Gasteiger partial charge on any atom is -0.478 e. The third-order valence-corrected chi connectivity index (χ3v) is 3.38. The number of nitrogens with zero attached hydrogens (tertiary/aromatic N) is 1. The van der Waals surface area contributed by atoms with E-state index in [0.717, 1.165) is 11.6 Å². The number of carboxylic acid groups (broad SMARTS) is 1. The van der Waals surface area contributed by atoms with E-state index < -0.39 is 5.97 Å². The van der Waals surface area contributed by atoms with Crippen LogP contribution in [0.2, 0.25) is 0 Å². The summed E-state index contributed by atoms with van der Waals surface area (Å²) in [6.45, 7) is 4.21. The summed E-state index contributed by atoms with van der Waals surface area (Å²) in [6, 6.07) is 10.5. The van der Waals surface area contributed by atoms with Crippen LogP contribution < -0.4 is 5.56 Å². The van der Waals surface area contributed by atoms with E-state index in [0.29, 0.717) is 11.6 Å². The van der Waals surface area contributed by atoms with Gasteiger partial charge in [0.1, 0.15) is 0 Å². The van der Waals surface area contributed by atoms with E-state index in [1.807, 2.05) is 24.3 Å². The molecule has 0 unspecified atom stereocenters. The van der Waals surface area contributed by atoms with Gasteiger partial charge < -0.3 is 9.67 Å². The largest absolute Gasteiger partial charge is 0.478 e. The first-order chi connectivity index (χ1) is 9.40. The van der Waals surface area contributed by atoms with Crippen molar-refractivity contribution in [2.24, 2.45) is 7.05 Å². The van der Waals surface area contributed by atoms with Crippen LogP contribution in [-0.4, -0.2) is 15.6 Å². The molecule has 2 aromatic rings. The monoisotopic (exact) mass is 271 g/mol. The Morgan fingerprint density at radius 2 is 1.75 bits per heavy atom. The van der Waals surface area contributed by atoms with Crippen LogP contribution in [0.15, 0.2) is 41.2 Å². The highest BCUT2D eigenvalue weighted by Crippen LogP contribution is 2.22. The fourth-order valence-corrected chi connectivity index (χ4v) is 2.07. The molecule has 0 radical (unpaired) electrons. The maximum atomic E-state index is 11.8. The average molecular weight is 271 g/mol. The van der Waals surface area contributed by atoms with Crippen molar-refractivity contribution in [3.05, 3.63) is 57.9 Å². The van der Waals surface area contributed by atoms with Gasteiger partial charge in [-0.2, -0.15) is 0 Å². The molecule has 2 rings (SSSR count). The second-order valence-corrected chi connectivity index (χ2v) is 5.11. The molecule has 0 saturated heterocycles. The zero-order chi connectivity index (χ0) is 14.9. The number of hydrogen-bond acceptors (Lipinski definition) is 2. The van der Waals surface area contributed by atoms with E-state index in [-0.39, 0.29) is 11.1 Å². The van der Waals surface area contributed by atoms with Gasteiger partial charge in [-0.1, -0.05) is 38.1 Å². The van der Waals surface area contributed by atoms with Crippen LogP contribution in [0.25, 0.3) is 11.3 Å². The summed E-state index contributed by atoms with van der Waals surface area (Å²) in [5, 5.41) is 9.04. The van der Waals surface area contributed by atoms with Crippen molar-refractivity contribution in [2.45, 2.75) is 19.8 Å². The van der Waals surface area contributed by atoms with Crippen molar-refractivity contribution in [3.63, 3.8) is 0 Å². The molecule has 1 aromatic carbocycles. The van der Waals surface area contributed by atoms with E-state index in [4.69, 9.17) is 5.11 Å². The lowest BCUT2D eigenvalue weighted by Crippen LogP contribution is -2.19. The molecule has 0 amide bonds. The predicted octanol–water partition coefficient (Wildman–Crippen LogP) is 2.87. The number of carboxylic acids is 1. The Balaban J connectivity index is 2.57. The highest BCUT2D eigenvalue weighted by molar-refractivity contribution is 5.88. The molecule has 4 heteroatoms. The van der Waals surface area contributed by atoms with Crippen molar-refractivity contribution < 1.29 is 9.90 Å². The molecule has 104 valence electrons. The normalized spacial score (nSPS) is 10.8. The molecule has 0 fully saturated rings. The first kappa shape index (κ1) is 14.1. The van der Waals surface area contributed by atoms with Crippen LogP contribution >= 0.6 is 0 Å². The summed E-state index contributed by atoms with van der Waals surface area (Å²) < 4.78 is 1.46. The van der Waals surface area contributed by atoms with Crippen LogP contribution in [-0.2, 0) is 7.05 Å². The van der Waals surface area contributed by atoms with Crippen LogP contribution in [0, 0.1) is 0 Å². The van der Waals surface area contributed by atoms with Crippen LogP contribution in [0.1, 0.15) is 35.7 Å². The Hall–Kier alpha value is -2.36. The third kappa shape index (κ3) is 2.64. The number of benzene rings is 1. The molecule has 0 aliphatic heterocycles. The molecule has 0 atom stereocenters. The fourth-order valence-electron chi connectivity index (χ4n) is 2.07. The number of aromatic carboxylic acids is 1. The molecule has 0 spiro atoms. The zero-order valence-corrected chi connectivity index (χ0v) is 11.8. The number of carbonyl (C=O) groups is 1. The lowest BCUT2D eigenvalue weighted by atomic mass is 10.00. The Kier molecular flexibility index (Phi) is 3.74. The van der Waals surface area contributed by atoms with E-state index in [1.165, 1.54) is 16.2 Å². The van der Waals surface area contributed by atoms with Crippen LogP contribution in [0.5, 0.6) is 0 Å². The molecule has 1 aromatic heterocycles. The summed E-state index contributed by atoms with van der Waals surface area (Å²) in [5.41, 5.74) is 2.32. The predicted molar refractivity (Wildman–Crippen MR) is 78.2 cm³/mol. The summed E-state index contributed by atoms with van der Waals surface area (Å²) in [7, 11) is 1.64. The van der Waals surface area contributed by atoms with Gasteiger partial charge in [0.25, 0.3) is 5.56 Å². The van der Waals surface area contributed by atoms with Crippen LogP contribution in [0.3, 0.4) is 0 Å². The van der Waals surface area contributed by atoms with Crippen LogP contribution in [0.4, 0.5) is 0 Å². The molecule has 0 bridgehead atoms. The topological polar surface area (TPSA) is 59.3 Å². The fraction of sp³-hybridized carbons (Fsp3) is 0.250. The van der Waals surface area contributed by atoms with Gasteiger partial charge >= 0.3 is 5.97 Å². The van der Waals surface area contributed by atoms with Gasteiger partial charge in [0.15, 0.2) is 0 Å². The van der Waals surface area contributed by atoms with Gasteiger partial charge in [0.2, 0.25) is 0 Å². The summed E-state index contributed by atoms with van der Waals surface area (Å²) in [6.07, 6.45) is 0. The third-order valence-electron chi connectivity index (χ3n) is 3.38. The second-order valence-electron chi connectivity index (χ2n) is 5.11. The van der Waals surface area contributed by atoms with E-state index in [1.54, 1.807) is 7.05 Å². The van der Waals surface area contributed by atoms with Crippen molar-refractivity contribution in [2.75, 3.05) is 0 Å². The van der Waals surface area contributed by atoms with Gasteiger partial charge in [0.05, 0.1) is 11.3 Å². The van der Waals surface area contributed by atoms with Gasteiger partial charge in [0, 0.05) is 13.1 Å². The van der Waals surface area contributed by atoms with Gasteiger partial charge in [-0.05, 0) is 23.1 Å². The molecule has 0 aliphatic carbocycles. The molecular weight excluding hydrogens is 254 g/mol. The second kappa shape index (κ2) is 5.33. The quantitative estimate of drug-likeness (QED) is 0.933. The first-order valence-corrected chi connectivity index (χ1v) is 6.45. The van der Waals surface area contributed by atoms with E-state index >= 15 is 0 Å². The number of pyridine rings is 1. The van der Waals surface area contributed by atoms with Crippen molar-refractivity contribution >= 4 is 5.97 Å². The SMILES string of the molecule is CC(C)c1ccc(-c2cc(C(=O)O)cc(=O)n2C)cc1. The maximum Gasteiger partial charge on any atom is 0.335 e. The van der Waals surface area contributed by atoms with Gasteiger partial charge in [-0.15, -0.1) is 0 Å².